The first-order chi connectivity index (χ1) is 13.8. The van der Waals surface area contributed by atoms with Gasteiger partial charge in [-0.25, -0.2) is 0 Å². The van der Waals surface area contributed by atoms with Crippen LogP contribution in [0.15, 0.2) is 48.5 Å². The van der Waals surface area contributed by atoms with Gasteiger partial charge in [0.25, 0.3) is 17.5 Å². The standard InChI is InChI=1S/C19H20N4O5S/c1-3-12(2)28-14-10-8-13(9-11-14)17(24)20-19(29)22-21-18(25)15-6-4-5-7-16(15)23(26)27/h4-12H,3H2,1-2H3,(H,21,25)(H2,20,22,24,29). The maximum absolute atomic E-state index is 12.2. The van der Waals surface area contributed by atoms with Gasteiger partial charge < -0.3 is 4.74 Å². The van der Waals surface area contributed by atoms with Crippen molar-refractivity contribution in [1.82, 2.24) is 16.2 Å². The molecule has 0 aliphatic rings. The number of rotatable bonds is 6. The van der Waals surface area contributed by atoms with Crippen molar-refractivity contribution in [3.05, 3.63) is 69.8 Å². The number of hydrogen-bond donors (Lipinski definition) is 3. The molecule has 2 aromatic rings. The lowest BCUT2D eigenvalue weighted by Gasteiger charge is -2.13. The van der Waals surface area contributed by atoms with Crippen LogP contribution in [0.4, 0.5) is 5.69 Å². The molecule has 0 heterocycles. The summed E-state index contributed by atoms with van der Waals surface area (Å²) in [7, 11) is 0. The van der Waals surface area contributed by atoms with Gasteiger partial charge in [0.15, 0.2) is 5.11 Å². The van der Waals surface area contributed by atoms with Crippen molar-refractivity contribution >= 4 is 34.8 Å². The zero-order valence-corrected chi connectivity index (χ0v) is 16.6. The second-order valence-corrected chi connectivity index (χ2v) is 6.41. The fourth-order valence-electron chi connectivity index (χ4n) is 2.21. The Morgan fingerprint density at radius 3 is 2.38 bits per heavy atom. The largest absolute Gasteiger partial charge is 0.491 e. The molecule has 0 radical (unpaired) electrons. The second-order valence-electron chi connectivity index (χ2n) is 6.00. The number of hydrazine groups is 1. The van der Waals surface area contributed by atoms with E-state index in [1.165, 1.54) is 24.3 Å². The Balaban J connectivity index is 1.90. The summed E-state index contributed by atoms with van der Waals surface area (Å²) in [6, 6.07) is 12.0. The minimum Gasteiger partial charge on any atom is -0.491 e. The van der Waals surface area contributed by atoms with E-state index >= 15 is 0 Å². The summed E-state index contributed by atoms with van der Waals surface area (Å²) >= 11 is 4.97. The third kappa shape index (κ3) is 6.25. The zero-order chi connectivity index (χ0) is 21.4. The van der Waals surface area contributed by atoms with Crippen LogP contribution in [-0.2, 0) is 0 Å². The molecule has 0 aliphatic carbocycles. The highest BCUT2D eigenvalue weighted by atomic mass is 32.1. The van der Waals surface area contributed by atoms with Crippen LogP contribution in [-0.4, -0.2) is 28.0 Å². The number of carbonyl (C=O) groups excluding carboxylic acids is 2. The van der Waals surface area contributed by atoms with Crippen molar-refractivity contribution in [2.45, 2.75) is 26.4 Å². The van der Waals surface area contributed by atoms with E-state index in [1.54, 1.807) is 24.3 Å². The summed E-state index contributed by atoms with van der Waals surface area (Å²) < 4.78 is 5.65. The summed E-state index contributed by atoms with van der Waals surface area (Å²) in [4.78, 5) is 34.7. The van der Waals surface area contributed by atoms with Crippen LogP contribution in [0, 0.1) is 10.1 Å². The SMILES string of the molecule is CCC(C)Oc1ccc(C(=O)NC(=S)NNC(=O)c2ccccc2[N+](=O)[O-])cc1. The summed E-state index contributed by atoms with van der Waals surface area (Å²) in [6.07, 6.45) is 0.926. The van der Waals surface area contributed by atoms with Crippen LogP contribution >= 0.6 is 12.2 Å². The van der Waals surface area contributed by atoms with Crippen molar-refractivity contribution in [1.29, 1.82) is 0 Å². The number of amides is 2. The maximum Gasteiger partial charge on any atom is 0.282 e. The number of nitrogens with zero attached hydrogens (tertiary/aromatic N) is 1. The minimum atomic E-state index is -0.763. The summed E-state index contributed by atoms with van der Waals surface area (Å²) in [5.41, 5.74) is 4.42. The minimum absolute atomic E-state index is 0.0653. The molecule has 1 unspecified atom stereocenters. The van der Waals surface area contributed by atoms with Gasteiger partial charge in [-0.05, 0) is 55.9 Å². The van der Waals surface area contributed by atoms with Gasteiger partial charge in [0.2, 0.25) is 0 Å². The Hall–Kier alpha value is -3.53. The molecule has 0 spiro atoms. The van der Waals surface area contributed by atoms with Gasteiger partial charge in [0, 0.05) is 11.6 Å². The molecule has 2 rings (SSSR count). The van der Waals surface area contributed by atoms with Crippen molar-refractivity contribution in [2.75, 3.05) is 0 Å². The first-order valence-corrected chi connectivity index (χ1v) is 9.14. The van der Waals surface area contributed by atoms with Gasteiger partial charge in [0.05, 0.1) is 11.0 Å². The molecular formula is C19H20N4O5S. The third-order valence-corrected chi connectivity index (χ3v) is 4.09. The summed E-state index contributed by atoms with van der Waals surface area (Å²) in [5, 5.41) is 13.2. The molecule has 0 aromatic heterocycles. The van der Waals surface area contributed by atoms with Gasteiger partial charge in [-0.1, -0.05) is 19.1 Å². The zero-order valence-electron chi connectivity index (χ0n) is 15.8. The molecular weight excluding hydrogens is 396 g/mol. The van der Waals surface area contributed by atoms with Crippen LogP contribution in [0.5, 0.6) is 5.75 Å². The van der Waals surface area contributed by atoms with Crippen LogP contribution in [0.25, 0.3) is 0 Å². The molecule has 0 saturated carbocycles. The number of para-hydroxylation sites is 1. The number of hydrogen-bond acceptors (Lipinski definition) is 6. The molecule has 0 fully saturated rings. The Morgan fingerprint density at radius 2 is 1.76 bits per heavy atom. The first kappa shape index (κ1) is 21.8. The molecule has 1 atom stereocenters. The highest BCUT2D eigenvalue weighted by Gasteiger charge is 2.19. The summed E-state index contributed by atoms with van der Waals surface area (Å²) in [6.45, 7) is 3.96. The van der Waals surface area contributed by atoms with E-state index in [4.69, 9.17) is 17.0 Å². The predicted octanol–water partition coefficient (Wildman–Crippen LogP) is 2.72. The van der Waals surface area contributed by atoms with E-state index in [9.17, 15) is 19.7 Å². The molecule has 2 aromatic carbocycles. The van der Waals surface area contributed by atoms with Crippen molar-refractivity contribution in [3.8, 4) is 5.75 Å². The number of ether oxygens (including phenoxy) is 1. The molecule has 0 saturated heterocycles. The van der Waals surface area contributed by atoms with Crippen LogP contribution < -0.4 is 20.9 Å². The number of nitro groups is 1. The van der Waals surface area contributed by atoms with Gasteiger partial charge in [-0.3, -0.25) is 35.9 Å². The maximum atomic E-state index is 12.2. The van der Waals surface area contributed by atoms with Gasteiger partial charge in [0.1, 0.15) is 11.3 Å². The number of nitro benzene ring substituents is 1. The lowest BCUT2D eigenvalue weighted by atomic mass is 10.2. The lowest BCUT2D eigenvalue weighted by molar-refractivity contribution is -0.385. The van der Waals surface area contributed by atoms with E-state index in [-0.39, 0.29) is 22.5 Å². The van der Waals surface area contributed by atoms with E-state index in [0.29, 0.717) is 11.3 Å². The van der Waals surface area contributed by atoms with Crippen LogP contribution in [0.2, 0.25) is 0 Å². The molecule has 2 amide bonds. The topological polar surface area (TPSA) is 123 Å². The second kappa shape index (κ2) is 10.1. The van der Waals surface area contributed by atoms with Gasteiger partial charge >= 0.3 is 0 Å². The molecule has 9 nitrogen and oxygen atoms in total. The fraction of sp³-hybridized carbons (Fsp3) is 0.211. The van der Waals surface area contributed by atoms with Crippen molar-refractivity contribution in [3.63, 3.8) is 0 Å². The third-order valence-electron chi connectivity index (χ3n) is 3.89. The number of thiocarbonyl (C=S) groups is 1. The predicted molar refractivity (Wildman–Crippen MR) is 111 cm³/mol. The van der Waals surface area contributed by atoms with E-state index in [0.717, 1.165) is 6.42 Å². The van der Waals surface area contributed by atoms with Gasteiger partial charge in [-0.15, -0.1) is 0 Å². The smallest absolute Gasteiger partial charge is 0.282 e. The average Bonchev–Trinajstić information content (AvgIpc) is 2.72. The van der Waals surface area contributed by atoms with E-state index < -0.39 is 16.7 Å². The average molecular weight is 416 g/mol. The van der Waals surface area contributed by atoms with E-state index in [2.05, 4.69) is 16.2 Å². The number of carbonyl (C=O) groups is 2. The van der Waals surface area contributed by atoms with Crippen LogP contribution in [0.1, 0.15) is 41.0 Å². The normalized spacial score (nSPS) is 11.1. The quantitative estimate of drug-likeness (QED) is 0.376. The molecule has 10 heteroatoms. The highest BCUT2D eigenvalue weighted by molar-refractivity contribution is 7.80. The van der Waals surface area contributed by atoms with Crippen molar-refractivity contribution < 1.29 is 19.2 Å². The Labute approximate surface area is 172 Å². The molecule has 0 bridgehead atoms. The van der Waals surface area contributed by atoms with Crippen LogP contribution in [0.3, 0.4) is 0 Å². The molecule has 29 heavy (non-hydrogen) atoms. The summed E-state index contributed by atoms with van der Waals surface area (Å²) in [5.74, 6) is -0.605. The number of benzene rings is 2. The first-order valence-electron chi connectivity index (χ1n) is 8.73. The highest BCUT2D eigenvalue weighted by Crippen LogP contribution is 2.17. The Bertz CT molecular complexity index is 917. The monoisotopic (exact) mass is 416 g/mol. The Kier molecular flexibility index (Phi) is 7.61. The molecule has 0 aliphatic heterocycles. The number of nitrogens with one attached hydrogen (secondary N) is 3. The van der Waals surface area contributed by atoms with E-state index in [1.807, 2.05) is 13.8 Å². The van der Waals surface area contributed by atoms with Crippen molar-refractivity contribution in [2.24, 2.45) is 0 Å². The lowest BCUT2D eigenvalue weighted by Crippen LogP contribution is -2.48. The van der Waals surface area contributed by atoms with Gasteiger partial charge in [-0.2, -0.15) is 0 Å². The fourth-order valence-corrected chi connectivity index (χ4v) is 2.36. The molecule has 152 valence electrons. The molecule has 3 N–H and O–H groups in total. The Morgan fingerprint density at radius 1 is 1.10 bits per heavy atom.